The minimum absolute atomic E-state index is 0.0986. The van der Waals surface area contributed by atoms with Crippen LogP contribution in [0, 0.1) is 0 Å². The van der Waals surface area contributed by atoms with Gasteiger partial charge in [-0.3, -0.25) is 4.90 Å². The number of fused-ring (bicyclic) bond motifs is 1. The second kappa shape index (κ2) is 4.79. The zero-order valence-corrected chi connectivity index (χ0v) is 11.5. The van der Waals surface area contributed by atoms with E-state index in [2.05, 4.69) is 45.8 Å². The predicted molar refractivity (Wildman–Crippen MR) is 75.5 cm³/mol. The minimum atomic E-state index is 0.0986. The number of aromatic nitrogens is 2. The second-order valence-electron chi connectivity index (χ2n) is 5.37. The summed E-state index contributed by atoms with van der Waals surface area (Å²) in [5, 5.41) is 0. The first-order valence-electron chi connectivity index (χ1n) is 6.66. The monoisotopic (exact) mass is 256 g/mol. The third kappa shape index (κ3) is 2.17. The van der Waals surface area contributed by atoms with Crippen molar-refractivity contribution in [1.29, 1.82) is 0 Å². The summed E-state index contributed by atoms with van der Waals surface area (Å²) in [7, 11) is 4.16. The van der Waals surface area contributed by atoms with Crippen LogP contribution in [0.5, 0.6) is 0 Å². The van der Waals surface area contributed by atoms with Gasteiger partial charge in [0.1, 0.15) is 5.82 Å². The van der Waals surface area contributed by atoms with E-state index < -0.39 is 0 Å². The molecule has 19 heavy (non-hydrogen) atoms. The molecule has 1 aliphatic carbocycles. The molecule has 1 aromatic heterocycles. The summed E-state index contributed by atoms with van der Waals surface area (Å²) in [4.78, 5) is 6.69. The van der Waals surface area contributed by atoms with E-state index in [1.54, 1.807) is 0 Å². The predicted octanol–water partition coefficient (Wildman–Crippen LogP) is 1.48. The van der Waals surface area contributed by atoms with Crippen molar-refractivity contribution in [3.05, 3.63) is 53.6 Å². The Kier molecular flexibility index (Phi) is 3.12. The van der Waals surface area contributed by atoms with Gasteiger partial charge >= 0.3 is 0 Å². The van der Waals surface area contributed by atoms with Crippen molar-refractivity contribution in [3.63, 3.8) is 0 Å². The van der Waals surface area contributed by atoms with Gasteiger partial charge in [-0.25, -0.2) is 4.98 Å². The fourth-order valence-electron chi connectivity index (χ4n) is 2.92. The van der Waals surface area contributed by atoms with E-state index >= 15 is 0 Å². The molecule has 0 bridgehead atoms. The standard InChI is InChI=1S/C15H20N4/c1-18-8-7-17-14(18)10-19(2)13-9-11-5-3-4-6-12(11)15(13)16/h3-8,13,15H,9-10,16H2,1-2H3. The van der Waals surface area contributed by atoms with Gasteiger partial charge in [0.2, 0.25) is 0 Å². The molecule has 2 N–H and O–H groups in total. The van der Waals surface area contributed by atoms with E-state index in [0.717, 1.165) is 18.8 Å². The third-order valence-electron chi connectivity index (χ3n) is 4.14. The van der Waals surface area contributed by atoms with Gasteiger partial charge in [-0.15, -0.1) is 0 Å². The van der Waals surface area contributed by atoms with Crippen LogP contribution in [0.1, 0.15) is 23.0 Å². The van der Waals surface area contributed by atoms with Gasteiger partial charge in [-0.1, -0.05) is 24.3 Å². The number of nitrogens with two attached hydrogens (primary N) is 1. The van der Waals surface area contributed by atoms with Crippen molar-refractivity contribution < 1.29 is 0 Å². The Morgan fingerprint density at radius 2 is 2.21 bits per heavy atom. The number of nitrogens with zero attached hydrogens (tertiary/aromatic N) is 3. The Labute approximate surface area is 113 Å². The van der Waals surface area contributed by atoms with Gasteiger partial charge in [0.05, 0.1) is 6.54 Å². The number of imidazole rings is 1. The SMILES string of the molecule is CN(Cc1nccn1C)C1Cc2ccccc2C1N. The Hall–Kier alpha value is -1.65. The quantitative estimate of drug-likeness (QED) is 0.905. The number of hydrogen-bond acceptors (Lipinski definition) is 3. The molecule has 3 rings (SSSR count). The highest BCUT2D eigenvalue weighted by molar-refractivity contribution is 5.36. The van der Waals surface area contributed by atoms with Gasteiger partial charge in [-0.2, -0.15) is 0 Å². The summed E-state index contributed by atoms with van der Waals surface area (Å²) in [6, 6.07) is 8.95. The highest BCUT2D eigenvalue weighted by atomic mass is 15.2. The Morgan fingerprint density at radius 1 is 1.42 bits per heavy atom. The first-order valence-corrected chi connectivity index (χ1v) is 6.66. The summed E-state index contributed by atoms with van der Waals surface area (Å²) < 4.78 is 2.06. The maximum Gasteiger partial charge on any atom is 0.122 e. The molecule has 2 aromatic rings. The van der Waals surface area contributed by atoms with E-state index in [4.69, 9.17) is 5.73 Å². The molecule has 0 saturated carbocycles. The van der Waals surface area contributed by atoms with Gasteiger partial charge in [-0.05, 0) is 24.6 Å². The van der Waals surface area contributed by atoms with Gasteiger partial charge < -0.3 is 10.3 Å². The Morgan fingerprint density at radius 3 is 2.89 bits per heavy atom. The molecule has 0 radical (unpaired) electrons. The minimum Gasteiger partial charge on any atom is -0.337 e. The van der Waals surface area contributed by atoms with Crippen molar-refractivity contribution in [2.45, 2.75) is 25.0 Å². The molecule has 0 fully saturated rings. The smallest absolute Gasteiger partial charge is 0.122 e. The molecule has 0 spiro atoms. The van der Waals surface area contributed by atoms with Gasteiger partial charge in [0, 0.05) is 31.5 Å². The molecule has 1 aromatic carbocycles. The highest BCUT2D eigenvalue weighted by Crippen LogP contribution is 2.32. The number of hydrogen-bond donors (Lipinski definition) is 1. The van der Waals surface area contributed by atoms with Crippen LogP contribution in [-0.2, 0) is 20.0 Å². The highest BCUT2D eigenvalue weighted by Gasteiger charge is 2.32. The van der Waals surface area contributed by atoms with E-state index in [1.807, 2.05) is 19.4 Å². The second-order valence-corrected chi connectivity index (χ2v) is 5.37. The summed E-state index contributed by atoms with van der Waals surface area (Å²) in [6.45, 7) is 0.829. The average molecular weight is 256 g/mol. The van der Waals surface area contributed by atoms with Crippen LogP contribution < -0.4 is 5.73 Å². The molecule has 100 valence electrons. The molecule has 0 amide bonds. The van der Waals surface area contributed by atoms with E-state index in [9.17, 15) is 0 Å². The summed E-state index contributed by atoms with van der Waals surface area (Å²) in [5.74, 6) is 1.07. The maximum absolute atomic E-state index is 6.39. The molecular formula is C15H20N4. The number of benzene rings is 1. The van der Waals surface area contributed by atoms with Gasteiger partial charge in [0.15, 0.2) is 0 Å². The lowest BCUT2D eigenvalue weighted by molar-refractivity contribution is 0.208. The van der Waals surface area contributed by atoms with Crippen molar-refractivity contribution in [1.82, 2.24) is 14.5 Å². The maximum atomic E-state index is 6.39. The first kappa shape index (κ1) is 12.4. The average Bonchev–Trinajstić information content (AvgIpc) is 2.95. The summed E-state index contributed by atoms with van der Waals surface area (Å²) in [6.07, 6.45) is 4.84. The lowest BCUT2D eigenvalue weighted by atomic mass is 10.1. The van der Waals surface area contributed by atoms with Crippen LogP contribution in [0.25, 0.3) is 0 Å². The molecular weight excluding hydrogens is 236 g/mol. The fourth-order valence-corrected chi connectivity index (χ4v) is 2.92. The molecule has 0 aliphatic heterocycles. The molecule has 1 aliphatic rings. The van der Waals surface area contributed by atoms with Crippen molar-refractivity contribution in [2.24, 2.45) is 12.8 Å². The number of aryl methyl sites for hydroxylation is 1. The molecule has 2 unspecified atom stereocenters. The van der Waals surface area contributed by atoms with Gasteiger partial charge in [0.25, 0.3) is 0 Å². The largest absolute Gasteiger partial charge is 0.337 e. The Balaban J connectivity index is 1.76. The van der Waals surface area contributed by atoms with Crippen LogP contribution in [0.3, 0.4) is 0 Å². The van der Waals surface area contributed by atoms with Crippen molar-refractivity contribution in [2.75, 3.05) is 7.05 Å². The molecule has 2 atom stereocenters. The molecule has 4 heteroatoms. The number of likely N-dealkylation sites (N-methyl/N-ethyl adjacent to an activating group) is 1. The molecule has 4 nitrogen and oxygen atoms in total. The molecule has 0 saturated heterocycles. The lowest BCUT2D eigenvalue weighted by Crippen LogP contribution is -2.38. The first-order chi connectivity index (χ1) is 9.16. The molecule has 1 heterocycles. The normalized spacial score (nSPS) is 21.9. The lowest BCUT2D eigenvalue weighted by Gasteiger charge is -2.27. The van der Waals surface area contributed by atoms with Crippen LogP contribution in [0.4, 0.5) is 0 Å². The van der Waals surface area contributed by atoms with E-state index in [-0.39, 0.29) is 6.04 Å². The zero-order chi connectivity index (χ0) is 13.4. The topological polar surface area (TPSA) is 47.1 Å². The van der Waals surface area contributed by atoms with Crippen molar-refractivity contribution >= 4 is 0 Å². The summed E-state index contributed by atoms with van der Waals surface area (Å²) in [5.41, 5.74) is 9.06. The van der Waals surface area contributed by atoms with Crippen LogP contribution in [-0.4, -0.2) is 27.5 Å². The van der Waals surface area contributed by atoms with E-state index in [0.29, 0.717) is 6.04 Å². The third-order valence-corrected chi connectivity index (χ3v) is 4.14. The number of rotatable bonds is 3. The summed E-state index contributed by atoms with van der Waals surface area (Å²) >= 11 is 0. The van der Waals surface area contributed by atoms with Crippen LogP contribution >= 0.6 is 0 Å². The zero-order valence-electron chi connectivity index (χ0n) is 11.5. The van der Waals surface area contributed by atoms with Crippen molar-refractivity contribution in [3.8, 4) is 0 Å². The fraction of sp³-hybridized carbons (Fsp3) is 0.400. The van der Waals surface area contributed by atoms with Crippen LogP contribution in [0.2, 0.25) is 0 Å². The van der Waals surface area contributed by atoms with E-state index in [1.165, 1.54) is 11.1 Å². The van der Waals surface area contributed by atoms with Crippen LogP contribution in [0.15, 0.2) is 36.7 Å². The Bertz CT molecular complexity index is 575.